The van der Waals surface area contributed by atoms with Crippen LogP contribution in [0.15, 0.2) is 47.6 Å². The number of aromatic nitrogens is 2. The fourth-order valence-electron chi connectivity index (χ4n) is 2.39. The monoisotopic (exact) mass is 324 g/mol. The average molecular weight is 324 g/mol. The van der Waals surface area contributed by atoms with Crippen LogP contribution >= 0.6 is 11.8 Å². The summed E-state index contributed by atoms with van der Waals surface area (Å²) in [5.74, 6) is 1.74. The molecule has 3 rings (SSSR count). The Morgan fingerprint density at radius 2 is 1.78 bits per heavy atom. The highest BCUT2D eigenvalue weighted by Gasteiger charge is 2.07. The number of thioether (sulfide) groups is 1. The maximum Gasteiger partial charge on any atom is 0.188 e. The lowest BCUT2D eigenvalue weighted by atomic mass is 10.2. The second-order valence-electron chi connectivity index (χ2n) is 5.48. The van der Waals surface area contributed by atoms with E-state index in [-0.39, 0.29) is 0 Å². The summed E-state index contributed by atoms with van der Waals surface area (Å²) in [7, 11) is 0. The van der Waals surface area contributed by atoms with Gasteiger partial charge in [-0.3, -0.25) is 0 Å². The number of ether oxygens (including phenoxy) is 1. The number of hydrogen-bond donors (Lipinski definition) is 0. The van der Waals surface area contributed by atoms with Crippen molar-refractivity contribution in [1.82, 2.24) is 9.97 Å². The van der Waals surface area contributed by atoms with Gasteiger partial charge in [0.05, 0.1) is 12.1 Å². The van der Waals surface area contributed by atoms with Gasteiger partial charge in [-0.25, -0.2) is 9.97 Å². The normalized spacial score (nSPS) is 10.9. The molecule has 0 atom stereocenters. The standard InChI is InChI=1S/C19H20N2OS/c1-4-22-16-9-10-18-17(11-16)14(3)20-19(21-18)23-12-15-7-5-13(2)6-8-15/h5-11H,4,12H2,1-3H3. The van der Waals surface area contributed by atoms with Crippen LogP contribution in [0.4, 0.5) is 0 Å². The van der Waals surface area contributed by atoms with Gasteiger partial charge in [0.1, 0.15) is 5.75 Å². The maximum absolute atomic E-state index is 5.55. The molecule has 0 fully saturated rings. The highest BCUT2D eigenvalue weighted by atomic mass is 32.2. The van der Waals surface area contributed by atoms with Crippen molar-refractivity contribution in [3.05, 3.63) is 59.3 Å². The molecule has 2 aromatic carbocycles. The van der Waals surface area contributed by atoms with Crippen LogP contribution in [0.25, 0.3) is 10.9 Å². The highest BCUT2D eigenvalue weighted by molar-refractivity contribution is 7.98. The molecule has 1 aromatic heterocycles. The van der Waals surface area contributed by atoms with Crippen LogP contribution in [0.3, 0.4) is 0 Å². The van der Waals surface area contributed by atoms with E-state index in [2.05, 4.69) is 41.2 Å². The van der Waals surface area contributed by atoms with Gasteiger partial charge in [-0.15, -0.1) is 0 Å². The molecule has 0 saturated carbocycles. The summed E-state index contributed by atoms with van der Waals surface area (Å²) in [5.41, 5.74) is 4.52. The first-order chi connectivity index (χ1) is 11.2. The topological polar surface area (TPSA) is 35.0 Å². The quantitative estimate of drug-likeness (QED) is 0.492. The second-order valence-corrected chi connectivity index (χ2v) is 6.42. The van der Waals surface area contributed by atoms with E-state index in [1.807, 2.05) is 32.0 Å². The summed E-state index contributed by atoms with van der Waals surface area (Å²) in [6.07, 6.45) is 0. The maximum atomic E-state index is 5.55. The van der Waals surface area contributed by atoms with Crippen molar-refractivity contribution >= 4 is 22.7 Å². The largest absolute Gasteiger partial charge is 0.494 e. The number of aryl methyl sites for hydroxylation is 2. The molecule has 0 aliphatic carbocycles. The number of fused-ring (bicyclic) bond motifs is 1. The third-order valence-corrected chi connectivity index (χ3v) is 4.56. The fourth-order valence-corrected chi connectivity index (χ4v) is 3.24. The van der Waals surface area contributed by atoms with E-state index in [1.165, 1.54) is 11.1 Å². The number of hydrogen-bond acceptors (Lipinski definition) is 4. The zero-order valence-electron chi connectivity index (χ0n) is 13.7. The van der Waals surface area contributed by atoms with E-state index < -0.39 is 0 Å². The Kier molecular flexibility index (Phi) is 4.82. The van der Waals surface area contributed by atoms with Crippen LogP contribution in [-0.2, 0) is 5.75 Å². The summed E-state index contributed by atoms with van der Waals surface area (Å²) in [4.78, 5) is 9.30. The first-order valence-electron chi connectivity index (χ1n) is 7.75. The van der Waals surface area contributed by atoms with Crippen LogP contribution in [-0.4, -0.2) is 16.6 Å². The van der Waals surface area contributed by atoms with Gasteiger partial charge in [-0.05, 0) is 44.5 Å². The van der Waals surface area contributed by atoms with Gasteiger partial charge in [0, 0.05) is 16.8 Å². The van der Waals surface area contributed by atoms with Crippen molar-refractivity contribution in [2.45, 2.75) is 31.7 Å². The second kappa shape index (κ2) is 7.01. The zero-order valence-corrected chi connectivity index (χ0v) is 14.5. The molecule has 0 bridgehead atoms. The molecular weight excluding hydrogens is 304 g/mol. The van der Waals surface area contributed by atoms with Crippen LogP contribution in [0, 0.1) is 13.8 Å². The third kappa shape index (κ3) is 3.82. The molecule has 0 unspecified atom stereocenters. The predicted molar refractivity (Wildman–Crippen MR) is 96.2 cm³/mol. The summed E-state index contributed by atoms with van der Waals surface area (Å²) in [5, 5.41) is 1.87. The molecule has 0 spiro atoms. The van der Waals surface area contributed by atoms with E-state index in [9.17, 15) is 0 Å². The van der Waals surface area contributed by atoms with Gasteiger partial charge < -0.3 is 4.74 Å². The smallest absolute Gasteiger partial charge is 0.188 e. The van der Waals surface area contributed by atoms with E-state index in [0.717, 1.165) is 33.3 Å². The molecule has 3 nitrogen and oxygen atoms in total. The number of benzene rings is 2. The van der Waals surface area contributed by atoms with Crippen molar-refractivity contribution in [2.75, 3.05) is 6.61 Å². The van der Waals surface area contributed by atoms with Gasteiger partial charge in [0.15, 0.2) is 5.16 Å². The van der Waals surface area contributed by atoms with Crippen molar-refractivity contribution in [3.8, 4) is 5.75 Å². The first kappa shape index (κ1) is 15.8. The van der Waals surface area contributed by atoms with Crippen molar-refractivity contribution in [3.63, 3.8) is 0 Å². The fraction of sp³-hybridized carbons (Fsp3) is 0.263. The minimum Gasteiger partial charge on any atom is -0.494 e. The van der Waals surface area contributed by atoms with Crippen molar-refractivity contribution in [2.24, 2.45) is 0 Å². The Morgan fingerprint density at radius 1 is 1.00 bits per heavy atom. The molecule has 0 aliphatic heterocycles. The Labute approximate surface area is 141 Å². The predicted octanol–water partition coefficient (Wildman–Crippen LogP) is 4.94. The molecule has 0 radical (unpaired) electrons. The van der Waals surface area contributed by atoms with E-state index >= 15 is 0 Å². The van der Waals surface area contributed by atoms with E-state index in [0.29, 0.717) is 6.61 Å². The number of rotatable bonds is 5. The first-order valence-corrected chi connectivity index (χ1v) is 8.74. The molecule has 118 valence electrons. The van der Waals surface area contributed by atoms with Gasteiger partial charge in [0.2, 0.25) is 0 Å². The molecule has 0 N–H and O–H groups in total. The van der Waals surface area contributed by atoms with Gasteiger partial charge in [-0.1, -0.05) is 41.6 Å². The molecule has 4 heteroatoms. The van der Waals surface area contributed by atoms with Gasteiger partial charge in [0.25, 0.3) is 0 Å². The van der Waals surface area contributed by atoms with Gasteiger partial charge in [-0.2, -0.15) is 0 Å². The summed E-state index contributed by atoms with van der Waals surface area (Å²) in [6.45, 7) is 6.77. The SMILES string of the molecule is CCOc1ccc2nc(SCc3ccc(C)cc3)nc(C)c2c1. The molecule has 23 heavy (non-hydrogen) atoms. The zero-order chi connectivity index (χ0) is 16.2. The Hall–Kier alpha value is -2.07. The van der Waals surface area contributed by atoms with Crippen molar-refractivity contribution < 1.29 is 4.74 Å². The van der Waals surface area contributed by atoms with Crippen LogP contribution in [0.2, 0.25) is 0 Å². The molecule has 3 aromatic rings. The molecule has 0 saturated heterocycles. The molecule has 1 heterocycles. The average Bonchev–Trinajstić information content (AvgIpc) is 2.55. The molecular formula is C19H20N2OS. The molecule has 0 aliphatic rings. The van der Waals surface area contributed by atoms with Crippen LogP contribution in [0.1, 0.15) is 23.7 Å². The summed E-state index contributed by atoms with van der Waals surface area (Å²) < 4.78 is 5.55. The van der Waals surface area contributed by atoms with E-state index in [4.69, 9.17) is 4.74 Å². The van der Waals surface area contributed by atoms with E-state index in [1.54, 1.807) is 11.8 Å². The summed E-state index contributed by atoms with van der Waals surface area (Å²) in [6, 6.07) is 14.6. The van der Waals surface area contributed by atoms with Gasteiger partial charge >= 0.3 is 0 Å². The van der Waals surface area contributed by atoms with Crippen LogP contribution < -0.4 is 4.74 Å². The number of nitrogens with zero attached hydrogens (tertiary/aromatic N) is 2. The summed E-state index contributed by atoms with van der Waals surface area (Å²) >= 11 is 1.67. The minimum atomic E-state index is 0.663. The lowest BCUT2D eigenvalue weighted by Gasteiger charge is -2.08. The third-order valence-electron chi connectivity index (χ3n) is 3.64. The minimum absolute atomic E-state index is 0.663. The Balaban J connectivity index is 1.81. The lowest BCUT2D eigenvalue weighted by molar-refractivity contribution is 0.340. The van der Waals surface area contributed by atoms with Crippen LogP contribution in [0.5, 0.6) is 5.75 Å². The Morgan fingerprint density at radius 3 is 2.52 bits per heavy atom. The molecule has 0 amide bonds. The lowest BCUT2D eigenvalue weighted by Crippen LogP contribution is -1.96. The van der Waals surface area contributed by atoms with Crippen molar-refractivity contribution in [1.29, 1.82) is 0 Å². The highest BCUT2D eigenvalue weighted by Crippen LogP contribution is 2.26. The Bertz CT molecular complexity index is 815.